The van der Waals surface area contributed by atoms with Crippen molar-refractivity contribution < 1.29 is 4.42 Å². The van der Waals surface area contributed by atoms with Gasteiger partial charge in [-0.1, -0.05) is 140 Å². The number of anilines is 3. The first-order valence-corrected chi connectivity index (χ1v) is 18.5. The van der Waals surface area contributed by atoms with Crippen LogP contribution in [0.2, 0.25) is 0 Å². The van der Waals surface area contributed by atoms with Crippen molar-refractivity contribution in [1.82, 2.24) is 0 Å². The number of fused-ring (bicyclic) bond motifs is 9. The molecule has 1 heterocycles. The van der Waals surface area contributed by atoms with Crippen molar-refractivity contribution in [3.8, 4) is 22.3 Å². The Morgan fingerprint density at radius 1 is 0.259 bits per heavy atom. The normalized spacial score (nSPS) is 11.7. The van der Waals surface area contributed by atoms with Crippen LogP contribution in [0, 0.1) is 0 Å². The van der Waals surface area contributed by atoms with Gasteiger partial charge in [-0.2, -0.15) is 0 Å². The SMILES string of the molecule is c1ccc2c(c1)ccc1cc(-c3ccc(N(c4ccc(-c5ccc6oc7ccccc7c6c5)cc4)c4ccc5c(ccc6ccccc65)c4)cc3)ccc12. The lowest BCUT2D eigenvalue weighted by Crippen LogP contribution is -2.09. The fourth-order valence-corrected chi connectivity index (χ4v) is 8.29. The van der Waals surface area contributed by atoms with Crippen LogP contribution in [-0.2, 0) is 0 Å². The van der Waals surface area contributed by atoms with Crippen LogP contribution in [0.1, 0.15) is 0 Å². The van der Waals surface area contributed by atoms with Crippen molar-refractivity contribution in [3.63, 3.8) is 0 Å². The predicted octanol–water partition coefficient (Wildman–Crippen LogP) is 15.0. The topological polar surface area (TPSA) is 16.4 Å². The molecular formula is C52H33NO. The number of hydrogen-bond acceptors (Lipinski definition) is 2. The van der Waals surface area contributed by atoms with Crippen LogP contribution in [0.5, 0.6) is 0 Å². The van der Waals surface area contributed by atoms with Gasteiger partial charge in [0.1, 0.15) is 11.2 Å². The molecule has 0 saturated heterocycles. The molecule has 0 aliphatic rings. The number of benzene rings is 10. The first-order chi connectivity index (χ1) is 26.7. The molecule has 0 N–H and O–H groups in total. The summed E-state index contributed by atoms with van der Waals surface area (Å²) in [5.41, 5.74) is 9.86. The van der Waals surface area contributed by atoms with Gasteiger partial charge in [0.15, 0.2) is 0 Å². The van der Waals surface area contributed by atoms with Crippen molar-refractivity contribution >= 4 is 82.1 Å². The quantitative estimate of drug-likeness (QED) is 0.168. The zero-order chi connectivity index (χ0) is 35.6. The Balaban J connectivity index is 0.997. The summed E-state index contributed by atoms with van der Waals surface area (Å²) in [7, 11) is 0. The summed E-state index contributed by atoms with van der Waals surface area (Å²) in [5.74, 6) is 0. The lowest BCUT2D eigenvalue weighted by atomic mass is 9.97. The Labute approximate surface area is 312 Å². The van der Waals surface area contributed by atoms with Gasteiger partial charge in [-0.05, 0) is 126 Å². The van der Waals surface area contributed by atoms with Gasteiger partial charge in [-0.3, -0.25) is 0 Å². The maximum atomic E-state index is 6.11. The lowest BCUT2D eigenvalue weighted by molar-refractivity contribution is 0.669. The summed E-state index contributed by atoms with van der Waals surface area (Å²) in [6.45, 7) is 0. The Bertz CT molecular complexity index is 3210. The second-order valence-electron chi connectivity index (χ2n) is 14.2. The van der Waals surface area contributed by atoms with E-state index >= 15 is 0 Å². The second kappa shape index (κ2) is 12.2. The van der Waals surface area contributed by atoms with Gasteiger partial charge in [0.05, 0.1) is 0 Å². The van der Waals surface area contributed by atoms with Crippen molar-refractivity contribution in [2.45, 2.75) is 0 Å². The average molecular weight is 688 g/mol. The number of nitrogens with zero attached hydrogens (tertiary/aromatic N) is 1. The fourth-order valence-electron chi connectivity index (χ4n) is 8.29. The largest absolute Gasteiger partial charge is 0.456 e. The summed E-state index contributed by atoms with van der Waals surface area (Å²) in [5, 5.41) is 12.4. The molecule has 0 atom stereocenters. The van der Waals surface area contributed by atoms with E-state index in [4.69, 9.17) is 4.42 Å². The molecule has 2 heteroatoms. The minimum Gasteiger partial charge on any atom is -0.456 e. The monoisotopic (exact) mass is 687 g/mol. The van der Waals surface area contributed by atoms with E-state index in [-0.39, 0.29) is 0 Å². The Morgan fingerprint density at radius 3 is 1.37 bits per heavy atom. The average Bonchev–Trinajstić information content (AvgIpc) is 3.62. The molecule has 2 nitrogen and oxygen atoms in total. The van der Waals surface area contributed by atoms with E-state index in [0.29, 0.717) is 0 Å². The fraction of sp³-hybridized carbons (Fsp3) is 0. The molecular weight excluding hydrogens is 655 g/mol. The van der Waals surface area contributed by atoms with Crippen LogP contribution in [0.15, 0.2) is 205 Å². The highest BCUT2D eigenvalue weighted by Gasteiger charge is 2.16. The third-order valence-corrected chi connectivity index (χ3v) is 11.0. The van der Waals surface area contributed by atoms with Crippen molar-refractivity contribution in [2.75, 3.05) is 4.90 Å². The summed E-state index contributed by atoms with van der Waals surface area (Å²) < 4.78 is 6.11. The molecule has 54 heavy (non-hydrogen) atoms. The highest BCUT2D eigenvalue weighted by Crippen LogP contribution is 2.40. The van der Waals surface area contributed by atoms with Crippen LogP contribution in [0.3, 0.4) is 0 Å². The molecule has 0 bridgehead atoms. The van der Waals surface area contributed by atoms with E-state index in [1.165, 1.54) is 54.2 Å². The van der Waals surface area contributed by atoms with Crippen LogP contribution in [0.25, 0.3) is 87.3 Å². The van der Waals surface area contributed by atoms with E-state index in [9.17, 15) is 0 Å². The van der Waals surface area contributed by atoms with Crippen LogP contribution in [0.4, 0.5) is 17.1 Å². The molecule has 0 unspecified atom stereocenters. The first-order valence-electron chi connectivity index (χ1n) is 18.5. The number of rotatable bonds is 5. The molecule has 0 fully saturated rings. The summed E-state index contributed by atoms with van der Waals surface area (Å²) in [4.78, 5) is 2.36. The predicted molar refractivity (Wildman–Crippen MR) is 229 cm³/mol. The molecule has 0 saturated carbocycles. The second-order valence-corrected chi connectivity index (χ2v) is 14.2. The first kappa shape index (κ1) is 30.5. The highest BCUT2D eigenvalue weighted by atomic mass is 16.3. The molecule has 0 aliphatic heterocycles. The highest BCUT2D eigenvalue weighted by molar-refractivity contribution is 6.10. The van der Waals surface area contributed by atoms with Gasteiger partial charge in [0.2, 0.25) is 0 Å². The van der Waals surface area contributed by atoms with E-state index in [2.05, 4.69) is 193 Å². The molecule has 10 aromatic carbocycles. The van der Waals surface area contributed by atoms with Crippen LogP contribution >= 0.6 is 0 Å². The van der Waals surface area contributed by atoms with Crippen molar-refractivity contribution in [3.05, 3.63) is 200 Å². The summed E-state index contributed by atoms with van der Waals surface area (Å²) in [6, 6.07) is 72.5. The van der Waals surface area contributed by atoms with E-state index in [1.54, 1.807) is 0 Å². The molecule has 0 spiro atoms. The maximum absolute atomic E-state index is 6.11. The van der Waals surface area contributed by atoms with Gasteiger partial charge in [-0.15, -0.1) is 0 Å². The van der Waals surface area contributed by atoms with Gasteiger partial charge in [-0.25, -0.2) is 0 Å². The van der Waals surface area contributed by atoms with Crippen molar-refractivity contribution in [2.24, 2.45) is 0 Å². The van der Waals surface area contributed by atoms with Gasteiger partial charge < -0.3 is 9.32 Å². The smallest absolute Gasteiger partial charge is 0.135 e. The van der Waals surface area contributed by atoms with Crippen LogP contribution in [-0.4, -0.2) is 0 Å². The molecule has 11 rings (SSSR count). The zero-order valence-corrected chi connectivity index (χ0v) is 29.4. The van der Waals surface area contributed by atoms with Gasteiger partial charge in [0, 0.05) is 27.8 Å². The Morgan fingerprint density at radius 2 is 0.704 bits per heavy atom. The molecule has 1 aromatic heterocycles. The molecule has 0 aliphatic carbocycles. The third kappa shape index (κ3) is 5.03. The minimum atomic E-state index is 0.910. The summed E-state index contributed by atoms with van der Waals surface area (Å²) in [6.07, 6.45) is 0. The molecule has 252 valence electrons. The van der Waals surface area contributed by atoms with Gasteiger partial charge in [0.25, 0.3) is 0 Å². The van der Waals surface area contributed by atoms with E-state index in [0.717, 1.165) is 50.1 Å². The number of furan rings is 1. The minimum absolute atomic E-state index is 0.910. The van der Waals surface area contributed by atoms with E-state index < -0.39 is 0 Å². The maximum Gasteiger partial charge on any atom is 0.135 e. The third-order valence-electron chi connectivity index (χ3n) is 11.0. The summed E-state index contributed by atoms with van der Waals surface area (Å²) >= 11 is 0. The Kier molecular flexibility index (Phi) is 6.90. The Hall–Kier alpha value is -7.16. The van der Waals surface area contributed by atoms with Gasteiger partial charge >= 0.3 is 0 Å². The zero-order valence-electron chi connectivity index (χ0n) is 29.4. The number of hydrogen-bond donors (Lipinski definition) is 0. The van der Waals surface area contributed by atoms with Crippen molar-refractivity contribution in [1.29, 1.82) is 0 Å². The lowest BCUT2D eigenvalue weighted by Gasteiger charge is -2.26. The van der Waals surface area contributed by atoms with E-state index in [1.807, 2.05) is 12.1 Å². The molecule has 11 aromatic rings. The van der Waals surface area contributed by atoms with Crippen LogP contribution < -0.4 is 4.90 Å². The standard InChI is InChI=1S/C52H33NO/c1-3-9-45-36(7-1)13-15-40-31-38(21-28-47(40)45)34-17-23-42(24-18-34)53(44-27-29-48-41(32-44)16-14-37-8-2-4-10-46(37)48)43-25-19-35(20-26-43)39-22-30-52-50(33-39)49-11-5-6-12-51(49)54-52/h1-33H. The number of para-hydroxylation sites is 1. The molecule has 0 radical (unpaired) electrons. The molecule has 0 amide bonds.